The highest BCUT2D eigenvalue weighted by molar-refractivity contribution is 6.30. The number of nitrogens with two attached hydrogens (primary N) is 1. The molecule has 1 unspecified atom stereocenters. The second kappa shape index (κ2) is 8.08. The highest BCUT2D eigenvalue weighted by atomic mass is 35.5. The van der Waals surface area contributed by atoms with Gasteiger partial charge in [-0.2, -0.15) is 4.98 Å². The molecular weight excluding hydrogens is 408 g/mol. The van der Waals surface area contributed by atoms with Crippen LogP contribution < -0.4 is 26.1 Å². The smallest absolute Gasteiger partial charge is 0.258 e. The third-order valence-corrected chi connectivity index (χ3v) is 5.08. The van der Waals surface area contributed by atoms with Gasteiger partial charge in [-0.3, -0.25) is 14.6 Å². The third kappa shape index (κ3) is 3.95. The summed E-state index contributed by atoms with van der Waals surface area (Å²) in [5, 5.41) is 3.24. The second-order valence-electron chi connectivity index (χ2n) is 6.85. The van der Waals surface area contributed by atoms with Crippen LogP contribution in [0.15, 0.2) is 47.3 Å². The van der Waals surface area contributed by atoms with E-state index in [0.717, 1.165) is 11.1 Å². The number of carbonyl (C=O) groups is 1. The fourth-order valence-corrected chi connectivity index (χ4v) is 3.69. The average molecular weight is 427 g/mol. The van der Waals surface area contributed by atoms with Crippen molar-refractivity contribution in [2.45, 2.75) is 18.9 Å². The number of hydrogen-bond donors (Lipinski definition) is 3. The number of methoxy groups -OCH3 is 1. The number of amides is 1. The van der Waals surface area contributed by atoms with E-state index in [9.17, 15) is 9.59 Å². The van der Waals surface area contributed by atoms with Crippen LogP contribution in [0.3, 0.4) is 0 Å². The normalized spacial score (nSPS) is 15.3. The van der Waals surface area contributed by atoms with Crippen LogP contribution in [0.2, 0.25) is 5.02 Å². The molecule has 1 aromatic heterocycles. The summed E-state index contributed by atoms with van der Waals surface area (Å²) in [6.07, 6.45) is 0.105. The SMILES string of the molecule is COc1cc(C2CC(=O)Nc3nc(N)[nH]c(=O)c32)ccc1OCc1cccc(Cl)c1. The minimum atomic E-state index is -0.485. The van der Waals surface area contributed by atoms with E-state index in [1.165, 1.54) is 7.11 Å². The zero-order valence-corrected chi connectivity index (χ0v) is 16.8. The molecular formula is C21H19ClN4O4. The Morgan fingerprint density at radius 1 is 1.20 bits per heavy atom. The first-order chi connectivity index (χ1) is 14.4. The van der Waals surface area contributed by atoms with Gasteiger partial charge in [0, 0.05) is 17.4 Å². The van der Waals surface area contributed by atoms with Gasteiger partial charge >= 0.3 is 0 Å². The topological polar surface area (TPSA) is 119 Å². The van der Waals surface area contributed by atoms with Crippen LogP contribution in [0.25, 0.3) is 0 Å². The van der Waals surface area contributed by atoms with Gasteiger partial charge in [0.15, 0.2) is 11.5 Å². The van der Waals surface area contributed by atoms with Gasteiger partial charge in [0.2, 0.25) is 11.9 Å². The lowest BCUT2D eigenvalue weighted by molar-refractivity contribution is -0.116. The first-order valence-corrected chi connectivity index (χ1v) is 9.57. The molecule has 4 N–H and O–H groups in total. The fraction of sp³-hybridized carbons (Fsp3) is 0.190. The summed E-state index contributed by atoms with van der Waals surface area (Å²) in [6, 6.07) is 12.7. The van der Waals surface area contributed by atoms with E-state index in [0.29, 0.717) is 28.7 Å². The monoisotopic (exact) mass is 426 g/mol. The Morgan fingerprint density at radius 2 is 2.03 bits per heavy atom. The highest BCUT2D eigenvalue weighted by Crippen LogP contribution is 2.38. The molecule has 1 atom stereocenters. The van der Waals surface area contributed by atoms with Crippen LogP contribution in [0.5, 0.6) is 11.5 Å². The number of nitrogens with one attached hydrogen (secondary N) is 2. The number of nitrogen functional groups attached to an aromatic ring is 1. The highest BCUT2D eigenvalue weighted by Gasteiger charge is 2.31. The third-order valence-electron chi connectivity index (χ3n) is 4.84. The predicted octanol–water partition coefficient (Wildman–Crippen LogP) is 3.07. The second-order valence-corrected chi connectivity index (χ2v) is 7.28. The Kier molecular flexibility index (Phi) is 5.33. The molecule has 0 saturated heterocycles. The summed E-state index contributed by atoms with van der Waals surface area (Å²) in [5.74, 6) is 0.416. The van der Waals surface area contributed by atoms with Crippen molar-refractivity contribution in [3.8, 4) is 11.5 Å². The number of benzene rings is 2. The van der Waals surface area contributed by atoms with Gasteiger partial charge in [-0.15, -0.1) is 0 Å². The number of rotatable bonds is 5. The van der Waals surface area contributed by atoms with Crippen molar-refractivity contribution < 1.29 is 14.3 Å². The van der Waals surface area contributed by atoms with Crippen molar-refractivity contribution in [3.05, 3.63) is 74.5 Å². The summed E-state index contributed by atoms with van der Waals surface area (Å²) < 4.78 is 11.4. The fourth-order valence-electron chi connectivity index (χ4n) is 3.48. The van der Waals surface area contributed by atoms with Gasteiger partial charge < -0.3 is 20.5 Å². The standard InChI is InChI=1S/C21H19ClN4O4/c1-29-16-8-12(5-6-15(16)30-10-11-3-2-4-13(22)7-11)14-9-17(27)24-19-18(14)20(28)26-21(23)25-19/h2-8,14H,9-10H2,1H3,(H4,23,24,25,26,27,28). The summed E-state index contributed by atoms with van der Waals surface area (Å²) in [7, 11) is 1.53. The van der Waals surface area contributed by atoms with Crippen LogP contribution in [-0.2, 0) is 11.4 Å². The van der Waals surface area contributed by atoms with Crippen molar-refractivity contribution in [3.63, 3.8) is 0 Å². The number of H-pyrrole nitrogens is 1. The lowest BCUT2D eigenvalue weighted by atomic mass is 9.86. The predicted molar refractivity (Wildman–Crippen MR) is 113 cm³/mol. The number of fused-ring (bicyclic) bond motifs is 1. The van der Waals surface area contributed by atoms with Crippen molar-refractivity contribution in [1.82, 2.24) is 9.97 Å². The van der Waals surface area contributed by atoms with Gasteiger partial charge in [0.05, 0.1) is 12.7 Å². The van der Waals surface area contributed by atoms with E-state index in [2.05, 4.69) is 15.3 Å². The Morgan fingerprint density at radius 3 is 2.80 bits per heavy atom. The molecule has 1 aliphatic rings. The first kappa shape index (κ1) is 19.8. The lowest BCUT2D eigenvalue weighted by Gasteiger charge is -2.25. The minimum Gasteiger partial charge on any atom is -0.493 e. The van der Waals surface area contributed by atoms with Crippen LogP contribution in [0, 0.1) is 0 Å². The van der Waals surface area contributed by atoms with Crippen LogP contribution in [0.1, 0.15) is 29.0 Å². The molecule has 0 spiro atoms. The van der Waals surface area contributed by atoms with E-state index in [1.54, 1.807) is 24.3 Å². The van der Waals surface area contributed by atoms with E-state index in [4.69, 9.17) is 26.8 Å². The number of nitrogens with zero attached hydrogens (tertiary/aromatic N) is 1. The van der Waals surface area contributed by atoms with E-state index < -0.39 is 5.92 Å². The van der Waals surface area contributed by atoms with E-state index >= 15 is 0 Å². The van der Waals surface area contributed by atoms with Crippen molar-refractivity contribution >= 4 is 29.3 Å². The molecule has 0 fully saturated rings. The number of ether oxygens (including phenoxy) is 2. The van der Waals surface area contributed by atoms with E-state index in [-0.39, 0.29) is 29.7 Å². The van der Waals surface area contributed by atoms with Gasteiger partial charge in [-0.25, -0.2) is 0 Å². The Balaban J connectivity index is 1.65. The Bertz CT molecular complexity index is 1180. The molecule has 1 aliphatic heterocycles. The molecule has 1 amide bonds. The molecule has 154 valence electrons. The molecule has 8 nitrogen and oxygen atoms in total. The van der Waals surface area contributed by atoms with Crippen LogP contribution in [-0.4, -0.2) is 23.0 Å². The Hall–Kier alpha value is -3.52. The maximum atomic E-state index is 12.5. The largest absolute Gasteiger partial charge is 0.493 e. The number of carbonyl (C=O) groups excluding carboxylic acids is 1. The number of halogens is 1. The maximum absolute atomic E-state index is 12.5. The lowest BCUT2D eigenvalue weighted by Crippen LogP contribution is -2.31. The maximum Gasteiger partial charge on any atom is 0.258 e. The van der Waals surface area contributed by atoms with Gasteiger partial charge in [-0.05, 0) is 35.4 Å². The summed E-state index contributed by atoms with van der Waals surface area (Å²) in [5.41, 5.74) is 7.23. The number of aromatic amines is 1. The number of hydrogen-bond acceptors (Lipinski definition) is 6. The molecule has 4 rings (SSSR count). The minimum absolute atomic E-state index is 0.0537. The molecule has 0 radical (unpaired) electrons. The molecule has 3 aromatic rings. The van der Waals surface area contributed by atoms with Gasteiger partial charge in [0.1, 0.15) is 12.4 Å². The molecule has 2 heterocycles. The van der Waals surface area contributed by atoms with E-state index in [1.807, 2.05) is 18.2 Å². The number of aromatic nitrogens is 2. The molecule has 0 saturated carbocycles. The molecule has 9 heteroatoms. The van der Waals surface area contributed by atoms with Crippen molar-refractivity contribution in [2.24, 2.45) is 0 Å². The molecule has 0 bridgehead atoms. The summed E-state index contributed by atoms with van der Waals surface area (Å²) >= 11 is 6.01. The van der Waals surface area contributed by atoms with Crippen molar-refractivity contribution in [1.29, 1.82) is 0 Å². The average Bonchev–Trinajstić information content (AvgIpc) is 2.71. The summed E-state index contributed by atoms with van der Waals surface area (Å²) in [6.45, 7) is 0.313. The molecule has 0 aliphatic carbocycles. The van der Waals surface area contributed by atoms with Crippen LogP contribution in [0.4, 0.5) is 11.8 Å². The quantitative estimate of drug-likeness (QED) is 0.576. The first-order valence-electron chi connectivity index (χ1n) is 9.19. The molecule has 30 heavy (non-hydrogen) atoms. The zero-order valence-electron chi connectivity index (χ0n) is 16.1. The molecule has 2 aromatic carbocycles. The zero-order chi connectivity index (χ0) is 21.3. The Labute approximate surface area is 177 Å². The van der Waals surface area contributed by atoms with Crippen molar-refractivity contribution in [2.75, 3.05) is 18.2 Å². The summed E-state index contributed by atoms with van der Waals surface area (Å²) in [4.78, 5) is 31.2. The van der Waals surface area contributed by atoms with Gasteiger partial charge in [-0.1, -0.05) is 29.8 Å². The number of anilines is 2. The van der Waals surface area contributed by atoms with Crippen LogP contribution >= 0.6 is 11.6 Å². The van der Waals surface area contributed by atoms with Gasteiger partial charge in [0.25, 0.3) is 5.56 Å².